The molecular weight excluding hydrogens is 440 g/mol. The maximum atomic E-state index is 2.78. The summed E-state index contributed by atoms with van der Waals surface area (Å²) < 4.78 is 5.33. The molecule has 0 heterocycles. The summed E-state index contributed by atoms with van der Waals surface area (Å²) in [5, 5.41) is 0. The van der Waals surface area contributed by atoms with Gasteiger partial charge in [-0.1, -0.05) is 13.3 Å². The number of halogens is 1. The Kier molecular flexibility index (Phi) is 13.8. The summed E-state index contributed by atoms with van der Waals surface area (Å²) in [5.41, 5.74) is 0. The molecule has 0 spiro atoms. The molecule has 0 radical (unpaired) electrons. The van der Waals surface area contributed by atoms with E-state index in [-0.39, 0.29) is 0 Å². The van der Waals surface area contributed by atoms with Crippen LogP contribution >= 0.6 is 26.7 Å². The van der Waals surface area contributed by atoms with E-state index in [0.717, 1.165) is 0 Å². The Morgan fingerprint density at radius 1 is 0.520 bits per heavy atom. The van der Waals surface area contributed by atoms with Crippen LogP contribution in [-0.4, -0.2) is 62.5 Å². The third-order valence-corrected chi connectivity index (χ3v) is 20.8. The Morgan fingerprint density at radius 2 is 0.800 bits per heavy atom. The van der Waals surface area contributed by atoms with Gasteiger partial charge in [0.25, 0.3) is 0 Å². The molecule has 25 heavy (non-hydrogen) atoms. The van der Waals surface area contributed by atoms with Crippen LogP contribution in [0.2, 0.25) is 0 Å². The van der Waals surface area contributed by atoms with Crippen molar-refractivity contribution in [3.05, 3.63) is 0 Å². The van der Waals surface area contributed by atoms with Crippen LogP contribution in [0.3, 0.4) is 0 Å². The fourth-order valence-corrected chi connectivity index (χ4v) is 9.04. The molecule has 0 fully saturated rings. The van der Waals surface area contributed by atoms with Crippen LogP contribution in [0, 0.1) is 0 Å². The zero-order valence-electron chi connectivity index (χ0n) is 18.4. The molecule has 0 aromatic rings. The Hall–Kier alpha value is 1.04. The zero-order valence-corrected chi connectivity index (χ0v) is 21.4. The van der Waals surface area contributed by atoms with E-state index in [1.807, 2.05) is 0 Å². The second kappa shape index (κ2) is 13.3. The summed E-state index contributed by atoms with van der Waals surface area (Å²) in [4.78, 5) is 0. The molecule has 0 aromatic carbocycles. The molecule has 0 aliphatic carbocycles. The van der Waals surface area contributed by atoms with Gasteiger partial charge in [-0.15, -0.1) is 0 Å². The third-order valence-electron chi connectivity index (χ3n) is 5.77. The van der Waals surface area contributed by atoms with Crippen LogP contribution in [0.1, 0.15) is 84.0 Å². The molecule has 0 saturated carbocycles. The number of hydrogen-bond acceptors (Lipinski definition) is 3. The van der Waals surface area contributed by atoms with Gasteiger partial charge in [-0.3, -0.25) is 0 Å². The van der Waals surface area contributed by atoms with Gasteiger partial charge >= 0.3 is 160 Å². The van der Waals surface area contributed by atoms with Crippen molar-refractivity contribution in [3.63, 3.8) is 0 Å². The van der Waals surface area contributed by atoms with Gasteiger partial charge in [0.05, 0.1) is 0 Å². The van der Waals surface area contributed by atoms with E-state index in [9.17, 15) is 0 Å². The molecule has 0 amide bonds. The minimum atomic E-state index is -2.14. The van der Waals surface area contributed by atoms with E-state index in [1.54, 1.807) is 0 Å². The Morgan fingerprint density at radius 3 is 1.08 bits per heavy atom. The van der Waals surface area contributed by atoms with Crippen LogP contribution < -0.4 is 0 Å². The van der Waals surface area contributed by atoms with E-state index in [4.69, 9.17) is 0 Å². The van der Waals surface area contributed by atoms with E-state index in [2.05, 4.69) is 85.3 Å². The summed E-state index contributed by atoms with van der Waals surface area (Å²) in [5.74, 6) is 0. The van der Waals surface area contributed by atoms with Crippen molar-refractivity contribution in [1.82, 2.24) is 14.0 Å². The molecule has 0 aliphatic heterocycles. The summed E-state index contributed by atoms with van der Waals surface area (Å²) in [6, 6.07) is 0. The van der Waals surface area contributed by atoms with Crippen LogP contribution in [0.4, 0.5) is 0 Å². The predicted octanol–water partition coefficient (Wildman–Crippen LogP) is 7.02. The molecule has 0 aliphatic rings. The summed E-state index contributed by atoms with van der Waals surface area (Å²) in [6.45, 7) is 2.29. The zero-order chi connectivity index (χ0) is 19.4. The summed E-state index contributed by atoms with van der Waals surface area (Å²) in [6.07, 6.45) is 18.3. The van der Waals surface area contributed by atoms with Crippen molar-refractivity contribution >= 4 is 26.7 Å². The van der Waals surface area contributed by atoms with Gasteiger partial charge < -0.3 is 0 Å². The Balaban J connectivity index is 3.95. The van der Waals surface area contributed by atoms with E-state index in [1.165, 1.54) is 83.2 Å². The third kappa shape index (κ3) is 7.89. The molecular formula is C20H47IN3P. The van der Waals surface area contributed by atoms with Gasteiger partial charge in [0, 0.05) is 0 Å². The first-order chi connectivity index (χ1) is 11.7. The number of unbranched alkanes of at least 4 members (excludes halogenated alkanes) is 11. The normalized spacial score (nSPS) is 14.4. The Bertz CT molecular complexity index is 310. The molecule has 154 valence electrons. The van der Waals surface area contributed by atoms with E-state index in [0.29, 0.717) is 0 Å². The molecule has 5 heteroatoms. The van der Waals surface area contributed by atoms with E-state index >= 15 is 0 Å². The second-order valence-corrected chi connectivity index (χ2v) is 19.0. The molecule has 0 rings (SSSR count). The summed E-state index contributed by atoms with van der Waals surface area (Å²) >= 11 is 2.78. The first-order valence-electron chi connectivity index (χ1n) is 10.5. The molecule has 0 N–H and O–H groups in total. The van der Waals surface area contributed by atoms with Crippen LogP contribution in [0.15, 0.2) is 0 Å². The molecule has 0 saturated heterocycles. The predicted molar refractivity (Wildman–Crippen MR) is 128 cm³/mol. The first kappa shape index (κ1) is 26.0. The minimum absolute atomic E-state index is 1.29. The monoisotopic (exact) mass is 487 g/mol. The number of rotatable bonds is 16. The van der Waals surface area contributed by atoms with Crippen LogP contribution in [0.25, 0.3) is 0 Å². The average molecular weight is 487 g/mol. The number of hydrogen-bond donors (Lipinski definition) is 0. The van der Waals surface area contributed by atoms with Gasteiger partial charge in [0.2, 0.25) is 0 Å². The van der Waals surface area contributed by atoms with Crippen LogP contribution in [0.5, 0.6) is 0 Å². The van der Waals surface area contributed by atoms with Gasteiger partial charge in [0.1, 0.15) is 0 Å². The topological polar surface area (TPSA) is 9.72 Å². The number of nitrogens with zero attached hydrogens (tertiary/aromatic N) is 3. The molecule has 3 nitrogen and oxygen atoms in total. The fourth-order valence-electron chi connectivity index (χ4n) is 3.90. The van der Waals surface area contributed by atoms with Crippen molar-refractivity contribution in [2.45, 2.75) is 84.0 Å². The van der Waals surface area contributed by atoms with Crippen molar-refractivity contribution < 1.29 is 0 Å². The van der Waals surface area contributed by atoms with Crippen molar-refractivity contribution in [2.75, 3.05) is 48.4 Å². The first-order valence-corrected chi connectivity index (χ1v) is 15.5. The van der Waals surface area contributed by atoms with Crippen LogP contribution in [-0.2, 0) is 0 Å². The fraction of sp³-hybridized carbons (Fsp3) is 1.00. The molecule has 0 atom stereocenters. The van der Waals surface area contributed by atoms with E-state index < -0.39 is 4.70 Å². The summed E-state index contributed by atoms with van der Waals surface area (Å²) in [7, 11) is 13.5. The maximum absolute atomic E-state index is 2.78. The molecule has 0 unspecified atom stereocenters. The van der Waals surface area contributed by atoms with Gasteiger partial charge in [-0.2, -0.15) is 0 Å². The van der Waals surface area contributed by atoms with Gasteiger partial charge in [-0.05, 0) is 0 Å². The van der Waals surface area contributed by atoms with Crippen molar-refractivity contribution in [1.29, 1.82) is 0 Å². The average Bonchev–Trinajstić information content (AvgIpc) is 2.55. The van der Waals surface area contributed by atoms with Gasteiger partial charge in [-0.25, -0.2) is 0 Å². The van der Waals surface area contributed by atoms with Crippen molar-refractivity contribution in [3.8, 4) is 0 Å². The SMILES string of the molecule is CCCCCCCCCCCCCCP(I)(N(C)C)(N(C)C)N(C)C. The quantitative estimate of drug-likeness (QED) is 0.132. The molecule has 0 aromatic heterocycles. The Labute approximate surface area is 172 Å². The standard InChI is InChI=1S/C20H47IN3P/c1-8-9-10-11-12-13-14-15-16-17-18-19-20-25(21,22(2)3,23(4)5)24(6)7/h8-20H2,1-7H3. The molecule has 0 bridgehead atoms. The second-order valence-electron chi connectivity index (χ2n) is 8.19. The van der Waals surface area contributed by atoms with Gasteiger partial charge in [0.15, 0.2) is 0 Å². The van der Waals surface area contributed by atoms with Crippen molar-refractivity contribution in [2.24, 2.45) is 0 Å².